The predicted molar refractivity (Wildman–Crippen MR) is 92.7 cm³/mol. The van der Waals surface area contributed by atoms with Crippen LogP contribution in [-0.4, -0.2) is 31.9 Å². The summed E-state index contributed by atoms with van der Waals surface area (Å²) in [6.07, 6.45) is 1.60. The number of hydrogen-bond acceptors (Lipinski definition) is 4. The molecule has 0 aliphatic rings. The molecule has 0 spiro atoms. The summed E-state index contributed by atoms with van der Waals surface area (Å²) < 4.78 is 15.8. The van der Waals surface area contributed by atoms with E-state index < -0.39 is 5.97 Å². The fourth-order valence-corrected chi connectivity index (χ4v) is 2.27. The van der Waals surface area contributed by atoms with Gasteiger partial charge in [-0.1, -0.05) is 12.1 Å². The largest absolute Gasteiger partial charge is 0.497 e. The van der Waals surface area contributed by atoms with Gasteiger partial charge < -0.3 is 19.3 Å². The number of benzene rings is 2. The van der Waals surface area contributed by atoms with Gasteiger partial charge in [-0.25, -0.2) is 4.79 Å². The van der Waals surface area contributed by atoms with Crippen molar-refractivity contribution in [3.8, 4) is 17.2 Å². The van der Waals surface area contributed by atoms with E-state index in [2.05, 4.69) is 0 Å². The average molecular weight is 328 g/mol. The number of carboxylic acids is 1. The van der Waals surface area contributed by atoms with Crippen LogP contribution in [0.25, 0.3) is 11.6 Å². The Morgan fingerprint density at radius 3 is 2.25 bits per heavy atom. The predicted octanol–water partition coefficient (Wildman–Crippen LogP) is 3.73. The van der Waals surface area contributed by atoms with Crippen molar-refractivity contribution < 1.29 is 24.1 Å². The standard InChI is InChI=1S/C19H20O5/c1-4-24-14-7-5-13(6-8-14)11-17(19(20)21)16-10-9-15(22-2)12-18(16)23-3/h5-12H,4H2,1-3H3,(H,20,21)/b17-11-. The summed E-state index contributed by atoms with van der Waals surface area (Å²) in [5.74, 6) is 0.747. The van der Waals surface area contributed by atoms with Gasteiger partial charge >= 0.3 is 5.97 Å². The van der Waals surface area contributed by atoms with Crippen LogP contribution in [0.4, 0.5) is 0 Å². The molecule has 0 aliphatic carbocycles. The number of carboxylic acid groups (broad SMARTS) is 1. The van der Waals surface area contributed by atoms with Crippen molar-refractivity contribution in [2.45, 2.75) is 6.92 Å². The highest BCUT2D eigenvalue weighted by Gasteiger charge is 2.16. The van der Waals surface area contributed by atoms with E-state index in [1.54, 1.807) is 43.5 Å². The average Bonchev–Trinajstić information content (AvgIpc) is 2.60. The van der Waals surface area contributed by atoms with Gasteiger partial charge in [-0.2, -0.15) is 0 Å². The highest BCUT2D eigenvalue weighted by Crippen LogP contribution is 2.31. The Morgan fingerprint density at radius 1 is 1.04 bits per heavy atom. The fourth-order valence-electron chi connectivity index (χ4n) is 2.27. The summed E-state index contributed by atoms with van der Waals surface area (Å²) in [5.41, 5.74) is 1.38. The first kappa shape index (κ1) is 17.4. The zero-order valence-corrected chi connectivity index (χ0v) is 13.9. The zero-order chi connectivity index (χ0) is 17.5. The number of hydrogen-bond donors (Lipinski definition) is 1. The molecular weight excluding hydrogens is 308 g/mol. The quantitative estimate of drug-likeness (QED) is 0.620. The molecule has 0 radical (unpaired) electrons. The van der Waals surface area contributed by atoms with Crippen LogP contribution in [0.2, 0.25) is 0 Å². The van der Waals surface area contributed by atoms with Crippen LogP contribution in [-0.2, 0) is 4.79 Å². The Labute approximate surface area is 141 Å². The van der Waals surface area contributed by atoms with Crippen molar-refractivity contribution in [3.05, 3.63) is 53.6 Å². The molecule has 0 atom stereocenters. The van der Waals surface area contributed by atoms with Crippen molar-refractivity contribution in [2.24, 2.45) is 0 Å². The Balaban J connectivity index is 2.44. The second kappa shape index (κ2) is 8.06. The highest BCUT2D eigenvalue weighted by molar-refractivity contribution is 6.21. The van der Waals surface area contributed by atoms with Crippen LogP contribution in [0.5, 0.6) is 17.2 Å². The maximum atomic E-state index is 11.7. The summed E-state index contributed by atoms with van der Waals surface area (Å²) in [6, 6.07) is 12.3. The highest BCUT2D eigenvalue weighted by atomic mass is 16.5. The van der Waals surface area contributed by atoms with Crippen molar-refractivity contribution in [1.82, 2.24) is 0 Å². The molecule has 5 nitrogen and oxygen atoms in total. The van der Waals surface area contributed by atoms with Gasteiger partial charge in [-0.3, -0.25) is 0 Å². The minimum Gasteiger partial charge on any atom is -0.497 e. The molecule has 0 unspecified atom stereocenters. The third-order valence-electron chi connectivity index (χ3n) is 3.43. The first-order valence-electron chi connectivity index (χ1n) is 7.49. The van der Waals surface area contributed by atoms with Gasteiger partial charge in [-0.15, -0.1) is 0 Å². The van der Waals surface area contributed by atoms with Crippen LogP contribution in [0.15, 0.2) is 42.5 Å². The minimum absolute atomic E-state index is 0.138. The van der Waals surface area contributed by atoms with Gasteiger partial charge in [0.2, 0.25) is 0 Å². The van der Waals surface area contributed by atoms with Crippen LogP contribution in [0.3, 0.4) is 0 Å². The molecule has 2 aromatic carbocycles. The van der Waals surface area contributed by atoms with Crippen molar-refractivity contribution in [3.63, 3.8) is 0 Å². The lowest BCUT2D eigenvalue weighted by Gasteiger charge is -2.11. The maximum absolute atomic E-state index is 11.7. The summed E-state index contributed by atoms with van der Waals surface area (Å²) in [7, 11) is 3.04. The third-order valence-corrected chi connectivity index (χ3v) is 3.43. The molecule has 0 heterocycles. The SMILES string of the molecule is CCOc1ccc(/C=C(\C(=O)O)c2ccc(OC)cc2OC)cc1. The fraction of sp³-hybridized carbons (Fsp3) is 0.211. The first-order valence-corrected chi connectivity index (χ1v) is 7.49. The molecule has 2 rings (SSSR count). The summed E-state index contributed by atoms with van der Waals surface area (Å²) in [5, 5.41) is 9.59. The van der Waals surface area contributed by atoms with E-state index in [4.69, 9.17) is 14.2 Å². The lowest BCUT2D eigenvalue weighted by Crippen LogP contribution is -2.02. The lowest BCUT2D eigenvalue weighted by atomic mass is 10.0. The molecule has 5 heteroatoms. The second-order valence-electron chi connectivity index (χ2n) is 4.93. The van der Waals surface area contributed by atoms with Gasteiger partial charge in [0.05, 0.1) is 26.4 Å². The summed E-state index contributed by atoms with van der Waals surface area (Å²) in [6.45, 7) is 2.49. The van der Waals surface area contributed by atoms with Gasteiger partial charge in [0, 0.05) is 11.6 Å². The second-order valence-corrected chi connectivity index (χ2v) is 4.93. The molecule has 0 aromatic heterocycles. The van der Waals surface area contributed by atoms with Crippen molar-refractivity contribution in [2.75, 3.05) is 20.8 Å². The van der Waals surface area contributed by atoms with E-state index in [1.807, 2.05) is 19.1 Å². The Kier molecular flexibility index (Phi) is 5.84. The molecule has 0 fully saturated rings. The summed E-state index contributed by atoms with van der Waals surface area (Å²) >= 11 is 0. The van der Waals surface area contributed by atoms with Crippen LogP contribution in [0.1, 0.15) is 18.1 Å². The maximum Gasteiger partial charge on any atom is 0.336 e. The number of carbonyl (C=O) groups is 1. The Bertz CT molecular complexity index is 732. The van der Waals surface area contributed by atoms with Gasteiger partial charge in [0.15, 0.2) is 0 Å². The van der Waals surface area contributed by atoms with E-state index in [1.165, 1.54) is 7.11 Å². The number of aliphatic carboxylic acids is 1. The number of rotatable bonds is 7. The van der Waals surface area contributed by atoms with Gasteiger partial charge in [-0.05, 0) is 42.8 Å². The van der Waals surface area contributed by atoms with Crippen molar-refractivity contribution in [1.29, 1.82) is 0 Å². The van der Waals surface area contributed by atoms with E-state index in [9.17, 15) is 9.90 Å². The number of ether oxygens (including phenoxy) is 3. The van der Waals surface area contributed by atoms with Crippen LogP contribution < -0.4 is 14.2 Å². The topological polar surface area (TPSA) is 65.0 Å². The van der Waals surface area contributed by atoms with E-state index in [0.29, 0.717) is 23.7 Å². The van der Waals surface area contributed by atoms with Gasteiger partial charge in [0.1, 0.15) is 17.2 Å². The molecule has 126 valence electrons. The third kappa shape index (κ3) is 4.07. The van der Waals surface area contributed by atoms with Gasteiger partial charge in [0.25, 0.3) is 0 Å². The summed E-state index contributed by atoms with van der Waals surface area (Å²) in [4.78, 5) is 11.7. The molecule has 1 N–H and O–H groups in total. The zero-order valence-electron chi connectivity index (χ0n) is 13.9. The Hall–Kier alpha value is -2.95. The molecule has 0 aliphatic heterocycles. The van der Waals surface area contributed by atoms with Crippen LogP contribution in [0, 0.1) is 0 Å². The molecular formula is C19H20O5. The molecule has 2 aromatic rings. The first-order chi connectivity index (χ1) is 11.6. The molecule has 0 bridgehead atoms. The van der Waals surface area contributed by atoms with Crippen LogP contribution >= 0.6 is 0 Å². The Morgan fingerprint density at radius 2 is 1.71 bits per heavy atom. The molecule has 0 saturated carbocycles. The molecule has 0 saturated heterocycles. The monoisotopic (exact) mass is 328 g/mol. The lowest BCUT2D eigenvalue weighted by molar-refractivity contribution is -0.130. The smallest absolute Gasteiger partial charge is 0.336 e. The minimum atomic E-state index is -1.03. The van der Waals surface area contributed by atoms with E-state index in [0.717, 1.165) is 11.3 Å². The number of methoxy groups -OCH3 is 2. The molecule has 24 heavy (non-hydrogen) atoms. The molecule has 0 amide bonds. The van der Waals surface area contributed by atoms with E-state index >= 15 is 0 Å². The normalized spacial score (nSPS) is 11.0. The van der Waals surface area contributed by atoms with E-state index in [-0.39, 0.29) is 5.57 Å². The van der Waals surface area contributed by atoms with Crippen molar-refractivity contribution >= 4 is 17.6 Å².